The van der Waals surface area contributed by atoms with Crippen LogP contribution in [0.2, 0.25) is 0 Å². The number of fused-ring (bicyclic) bond motifs is 1. The zero-order valence-electron chi connectivity index (χ0n) is 13.1. The van der Waals surface area contributed by atoms with Gasteiger partial charge in [0.1, 0.15) is 11.2 Å². The molecule has 0 spiro atoms. The Morgan fingerprint density at radius 2 is 2.17 bits per heavy atom. The van der Waals surface area contributed by atoms with Gasteiger partial charge in [0.05, 0.1) is 13.2 Å². The van der Waals surface area contributed by atoms with Crippen LogP contribution in [0.1, 0.15) is 10.4 Å². The van der Waals surface area contributed by atoms with Gasteiger partial charge < -0.3 is 10.1 Å². The molecule has 0 unspecified atom stereocenters. The number of nitrogens with zero attached hydrogens (tertiary/aromatic N) is 3. The van der Waals surface area contributed by atoms with E-state index in [4.69, 9.17) is 4.74 Å². The van der Waals surface area contributed by atoms with Crippen LogP contribution in [0.4, 0.5) is 0 Å². The van der Waals surface area contributed by atoms with Crippen molar-refractivity contribution in [3.05, 3.63) is 40.3 Å². The Kier molecular flexibility index (Phi) is 4.68. The number of carbonyl (C=O) groups excluding carboxylic acids is 1. The summed E-state index contributed by atoms with van der Waals surface area (Å²) >= 11 is 0. The zero-order valence-corrected chi connectivity index (χ0v) is 13.1. The second-order valence-electron chi connectivity index (χ2n) is 5.55. The Hall–Kier alpha value is -2.25. The maximum Gasteiger partial charge on any atom is 0.264 e. The van der Waals surface area contributed by atoms with Gasteiger partial charge in [-0.2, -0.15) is 0 Å². The van der Waals surface area contributed by atoms with Crippen LogP contribution in [0.5, 0.6) is 0 Å². The van der Waals surface area contributed by atoms with E-state index >= 15 is 0 Å². The largest absolute Gasteiger partial charge is 0.379 e. The van der Waals surface area contributed by atoms with Crippen molar-refractivity contribution in [3.63, 3.8) is 0 Å². The van der Waals surface area contributed by atoms with Gasteiger partial charge in [-0.05, 0) is 18.2 Å². The molecular weight excluding hydrogens is 296 g/mol. The van der Waals surface area contributed by atoms with E-state index in [9.17, 15) is 9.59 Å². The van der Waals surface area contributed by atoms with Crippen LogP contribution < -0.4 is 10.9 Å². The Balaban J connectivity index is 1.70. The molecule has 3 rings (SSSR count). The van der Waals surface area contributed by atoms with Gasteiger partial charge in [-0.3, -0.25) is 19.1 Å². The Bertz CT molecular complexity index is 765. The van der Waals surface area contributed by atoms with E-state index in [0.29, 0.717) is 12.2 Å². The molecule has 0 aliphatic carbocycles. The number of hydrogen-bond donors (Lipinski definition) is 1. The van der Waals surface area contributed by atoms with Gasteiger partial charge in [0.2, 0.25) is 0 Å². The molecule has 1 aliphatic rings. The lowest BCUT2D eigenvalue weighted by Crippen LogP contribution is -2.42. The molecule has 23 heavy (non-hydrogen) atoms. The van der Waals surface area contributed by atoms with Crippen molar-refractivity contribution in [2.45, 2.75) is 0 Å². The summed E-state index contributed by atoms with van der Waals surface area (Å²) in [6.45, 7) is 4.47. The summed E-state index contributed by atoms with van der Waals surface area (Å²) in [6, 6.07) is 5.23. The van der Waals surface area contributed by atoms with Crippen LogP contribution in [0.15, 0.2) is 29.2 Å². The molecule has 2 aromatic rings. The van der Waals surface area contributed by atoms with E-state index < -0.39 is 0 Å². The Morgan fingerprint density at radius 3 is 2.96 bits per heavy atom. The fourth-order valence-electron chi connectivity index (χ4n) is 2.71. The van der Waals surface area contributed by atoms with Gasteiger partial charge in [0.15, 0.2) is 0 Å². The number of pyridine rings is 2. The van der Waals surface area contributed by atoms with E-state index in [1.165, 1.54) is 4.57 Å². The minimum Gasteiger partial charge on any atom is -0.379 e. The third-order valence-corrected chi connectivity index (χ3v) is 4.03. The average molecular weight is 316 g/mol. The van der Waals surface area contributed by atoms with E-state index in [-0.39, 0.29) is 17.0 Å². The van der Waals surface area contributed by atoms with Crippen molar-refractivity contribution in [2.75, 3.05) is 39.4 Å². The molecule has 1 amide bonds. The lowest BCUT2D eigenvalue weighted by Gasteiger charge is -2.26. The number of aromatic nitrogens is 2. The highest BCUT2D eigenvalue weighted by molar-refractivity contribution is 5.96. The van der Waals surface area contributed by atoms with E-state index in [1.54, 1.807) is 25.4 Å². The number of ether oxygens (including phenoxy) is 1. The van der Waals surface area contributed by atoms with Gasteiger partial charge >= 0.3 is 0 Å². The lowest BCUT2D eigenvalue weighted by atomic mass is 10.2. The minimum absolute atomic E-state index is 0.148. The molecule has 122 valence electrons. The number of carbonyl (C=O) groups is 1. The van der Waals surface area contributed by atoms with Crippen LogP contribution in [-0.4, -0.2) is 59.8 Å². The first-order chi connectivity index (χ1) is 11.2. The summed E-state index contributed by atoms with van der Waals surface area (Å²) in [5.74, 6) is -0.343. The van der Waals surface area contributed by atoms with E-state index in [0.717, 1.165) is 38.2 Å². The molecular formula is C16H20N4O3. The van der Waals surface area contributed by atoms with Crippen molar-refractivity contribution in [1.82, 2.24) is 19.8 Å². The number of hydrogen-bond acceptors (Lipinski definition) is 5. The third-order valence-electron chi connectivity index (χ3n) is 4.03. The average Bonchev–Trinajstić information content (AvgIpc) is 2.59. The quantitative estimate of drug-likeness (QED) is 0.859. The fourth-order valence-corrected chi connectivity index (χ4v) is 2.71. The first kappa shape index (κ1) is 15.6. The maximum atomic E-state index is 12.3. The minimum atomic E-state index is -0.343. The summed E-state index contributed by atoms with van der Waals surface area (Å²) in [5, 5.41) is 3.60. The SMILES string of the molecule is Cn1c(=O)c(C(=O)NCCN2CCOCC2)cc2cccnc21. The summed E-state index contributed by atoms with van der Waals surface area (Å²) in [5.41, 5.74) is 0.386. The fraction of sp³-hybridized carbons (Fsp3) is 0.438. The van der Waals surface area contributed by atoms with Crippen molar-refractivity contribution < 1.29 is 9.53 Å². The molecule has 7 nitrogen and oxygen atoms in total. The van der Waals surface area contributed by atoms with Gasteiger partial charge in [-0.15, -0.1) is 0 Å². The number of amides is 1. The summed E-state index contributed by atoms with van der Waals surface area (Å²) in [7, 11) is 1.63. The Morgan fingerprint density at radius 1 is 1.39 bits per heavy atom. The molecule has 1 saturated heterocycles. The van der Waals surface area contributed by atoms with E-state index in [2.05, 4.69) is 15.2 Å². The van der Waals surface area contributed by atoms with Crippen LogP contribution in [-0.2, 0) is 11.8 Å². The summed E-state index contributed by atoms with van der Waals surface area (Å²) in [6.07, 6.45) is 1.63. The molecule has 0 radical (unpaired) electrons. The molecule has 0 atom stereocenters. The van der Waals surface area contributed by atoms with Crippen molar-refractivity contribution in [3.8, 4) is 0 Å². The predicted octanol–water partition coefficient (Wildman–Crippen LogP) is -0.00450. The maximum absolute atomic E-state index is 12.3. The summed E-state index contributed by atoms with van der Waals surface area (Å²) in [4.78, 5) is 31.0. The zero-order chi connectivity index (χ0) is 16.2. The number of nitrogens with one attached hydrogen (secondary N) is 1. The normalized spacial score (nSPS) is 15.7. The highest BCUT2D eigenvalue weighted by Gasteiger charge is 2.15. The number of aryl methyl sites for hydroxylation is 1. The highest BCUT2D eigenvalue weighted by Crippen LogP contribution is 2.09. The third kappa shape index (κ3) is 3.40. The highest BCUT2D eigenvalue weighted by atomic mass is 16.5. The van der Waals surface area contributed by atoms with E-state index in [1.807, 2.05) is 6.07 Å². The standard InChI is InChI=1S/C16H20N4O3/c1-19-14-12(3-2-4-17-14)11-13(16(19)22)15(21)18-5-6-20-7-9-23-10-8-20/h2-4,11H,5-10H2,1H3,(H,18,21). The molecule has 2 aromatic heterocycles. The molecule has 0 bridgehead atoms. The molecule has 3 heterocycles. The molecule has 1 fully saturated rings. The first-order valence-corrected chi connectivity index (χ1v) is 7.70. The number of rotatable bonds is 4. The first-order valence-electron chi connectivity index (χ1n) is 7.70. The van der Waals surface area contributed by atoms with Crippen molar-refractivity contribution >= 4 is 16.9 Å². The van der Waals surface area contributed by atoms with Crippen molar-refractivity contribution in [1.29, 1.82) is 0 Å². The van der Waals surface area contributed by atoms with Crippen LogP contribution in [0, 0.1) is 0 Å². The molecule has 1 N–H and O–H groups in total. The lowest BCUT2D eigenvalue weighted by molar-refractivity contribution is 0.0383. The second-order valence-corrected chi connectivity index (χ2v) is 5.55. The van der Waals surface area contributed by atoms with Gasteiger partial charge in [-0.1, -0.05) is 0 Å². The van der Waals surface area contributed by atoms with Crippen LogP contribution in [0.25, 0.3) is 11.0 Å². The summed E-state index contributed by atoms with van der Waals surface area (Å²) < 4.78 is 6.70. The smallest absolute Gasteiger partial charge is 0.264 e. The molecule has 7 heteroatoms. The Labute approximate surface area is 133 Å². The van der Waals surface area contributed by atoms with Gasteiger partial charge in [0, 0.05) is 44.8 Å². The van der Waals surface area contributed by atoms with Gasteiger partial charge in [0.25, 0.3) is 11.5 Å². The van der Waals surface area contributed by atoms with Gasteiger partial charge in [-0.25, -0.2) is 4.98 Å². The second kappa shape index (κ2) is 6.89. The predicted molar refractivity (Wildman–Crippen MR) is 86.6 cm³/mol. The van der Waals surface area contributed by atoms with Crippen LogP contribution >= 0.6 is 0 Å². The van der Waals surface area contributed by atoms with Crippen molar-refractivity contribution in [2.24, 2.45) is 7.05 Å². The van der Waals surface area contributed by atoms with Crippen LogP contribution in [0.3, 0.4) is 0 Å². The molecule has 1 aliphatic heterocycles. The molecule has 0 saturated carbocycles. The molecule has 0 aromatic carbocycles. The monoisotopic (exact) mass is 316 g/mol. The topological polar surface area (TPSA) is 76.5 Å². The number of morpholine rings is 1.